The van der Waals surface area contributed by atoms with Crippen LogP contribution in [0.3, 0.4) is 0 Å². The maximum atomic E-state index is 12.2. The van der Waals surface area contributed by atoms with Crippen LogP contribution in [0.2, 0.25) is 0 Å². The van der Waals surface area contributed by atoms with Crippen molar-refractivity contribution in [1.29, 1.82) is 0 Å². The van der Waals surface area contributed by atoms with Gasteiger partial charge in [0.15, 0.2) is 0 Å². The lowest BCUT2D eigenvalue weighted by Gasteiger charge is -2.28. The van der Waals surface area contributed by atoms with Crippen LogP contribution in [0, 0.1) is 16.0 Å². The highest BCUT2D eigenvalue weighted by molar-refractivity contribution is 5.98. The molecule has 0 bridgehead atoms. The van der Waals surface area contributed by atoms with Crippen LogP contribution in [-0.2, 0) is 4.74 Å². The fourth-order valence-electron chi connectivity index (χ4n) is 2.48. The maximum absolute atomic E-state index is 12.2. The van der Waals surface area contributed by atoms with Crippen molar-refractivity contribution in [2.75, 3.05) is 13.2 Å². The summed E-state index contributed by atoms with van der Waals surface area (Å²) in [5, 5.41) is 23.4. The molecule has 0 spiro atoms. The molecule has 0 aliphatic carbocycles. The first kappa shape index (κ1) is 15.2. The number of nitro benzene ring substituents is 1. The molecule has 1 aromatic carbocycles. The molecule has 1 aliphatic heterocycles. The van der Waals surface area contributed by atoms with Crippen molar-refractivity contribution in [3.05, 3.63) is 33.9 Å². The van der Waals surface area contributed by atoms with E-state index in [0.717, 1.165) is 18.9 Å². The Balaban J connectivity index is 2.09. The molecule has 1 atom stereocenters. The van der Waals surface area contributed by atoms with Gasteiger partial charge in [0.05, 0.1) is 10.5 Å². The van der Waals surface area contributed by atoms with Crippen LogP contribution in [-0.4, -0.2) is 35.2 Å². The third-order valence-electron chi connectivity index (χ3n) is 3.79. The quantitative estimate of drug-likeness (QED) is 0.651. The molecule has 1 heterocycles. The number of benzene rings is 1. The number of nitrogens with one attached hydrogen (secondary N) is 1. The van der Waals surface area contributed by atoms with Gasteiger partial charge in [-0.2, -0.15) is 0 Å². The van der Waals surface area contributed by atoms with E-state index in [2.05, 4.69) is 5.32 Å². The first-order valence-corrected chi connectivity index (χ1v) is 6.85. The fourth-order valence-corrected chi connectivity index (χ4v) is 2.48. The molecule has 0 aromatic heterocycles. The van der Waals surface area contributed by atoms with Crippen molar-refractivity contribution in [3.63, 3.8) is 0 Å². The SMILES string of the molecule is C[C@@H](NC(=O)c1cccc([N+](=O)[O-])c1O)C1CCOCC1. The van der Waals surface area contributed by atoms with Gasteiger partial charge in [-0.3, -0.25) is 14.9 Å². The first-order valence-electron chi connectivity index (χ1n) is 6.85. The first-order chi connectivity index (χ1) is 10.0. The van der Waals surface area contributed by atoms with Crippen molar-refractivity contribution in [3.8, 4) is 5.75 Å². The number of aromatic hydroxyl groups is 1. The standard InChI is InChI=1S/C14H18N2O5/c1-9(10-5-7-21-8-6-10)15-14(18)11-3-2-4-12(13(11)17)16(19)20/h2-4,9-10,17H,5-8H2,1H3,(H,15,18)/t9-/m1/s1. The summed E-state index contributed by atoms with van der Waals surface area (Å²) in [7, 11) is 0. The number of ether oxygens (including phenoxy) is 1. The predicted molar refractivity (Wildman–Crippen MR) is 75.2 cm³/mol. The molecule has 0 saturated carbocycles. The van der Waals surface area contributed by atoms with Crippen LogP contribution in [0.25, 0.3) is 0 Å². The molecule has 1 aromatic rings. The third kappa shape index (κ3) is 3.49. The highest BCUT2D eigenvalue weighted by atomic mass is 16.6. The maximum Gasteiger partial charge on any atom is 0.311 e. The van der Waals surface area contributed by atoms with E-state index in [1.807, 2.05) is 6.92 Å². The van der Waals surface area contributed by atoms with Crippen LogP contribution in [0.5, 0.6) is 5.75 Å². The van der Waals surface area contributed by atoms with E-state index in [-0.39, 0.29) is 11.6 Å². The van der Waals surface area contributed by atoms with Crippen LogP contribution in [0.15, 0.2) is 18.2 Å². The van der Waals surface area contributed by atoms with Crippen LogP contribution < -0.4 is 5.32 Å². The average molecular weight is 294 g/mol. The number of amides is 1. The summed E-state index contributed by atoms with van der Waals surface area (Å²) in [6.45, 7) is 3.24. The number of hydrogen-bond acceptors (Lipinski definition) is 5. The summed E-state index contributed by atoms with van der Waals surface area (Å²) in [4.78, 5) is 22.2. The van der Waals surface area contributed by atoms with Crippen LogP contribution in [0.1, 0.15) is 30.1 Å². The molecular formula is C14H18N2O5. The summed E-state index contributed by atoms with van der Waals surface area (Å²) in [6, 6.07) is 3.83. The Bertz CT molecular complexity index is 540. The van der Waals surface area contributed by atoms with Gasteiger partial charge in [0.25, 0.3) is 5.91 Å². The smallest absolute Gasteiger partial charge is 0.311 e. The summed E-state index contributed by atoms with van der Waals surface area (Å²) in [5.74, 6) is -0.794. The van der Waals surface area contributed by atoms with E-state index < -0.39 is 22.3 Å². The molecule has 2 N–H and O–H groups in total. The number of hydrogen-bond donors (Lipinski definition) is 2. The number of nitrogens with zero attached hydrogens (tertiary/aromatic N) is 1. The average Bonchev–Trinajstić information content (AvgIpc) is 2.47. The summed E-state index contributed by atoms with van der Waals surface area (Å²) in [6.07, 6.45) is 1.73. The van der Waals surface area contributed by atoms with E-state index in [4.69, 9.17) is 4.74 Å². The molecular weight excluding hydrogens is 276 g/mol. The Hall–Kier alpha value is -2.15. The Kier molecular flexibility index (Phi) is 4.74. The number of carbonyl (C=O) groups is 1. The van der Waals surface area contributed by atoms with Gasteiger partial charge in [-0.1, -0.05) is 6.07 Å². The van der Waals surface area contributed by atoms with Gasteiger partial charge in [-0.15, -0.1) is 0 Å². The van der Waals surface area contributed by atoms with Crippen LogP contribution in [0.4, 0.5) is 5.69 Å². The normalized spacial score (nSPS) is 17.2. The minimum absolute atomic E-state index is 0.0805. The molecule has 7 nitrogen and oxygen atoms in total. The van der Waals surface area contributed by atoms with E-state index in [0.29, 0.717) is 19.1 Å². The van der Waals surface area contributed by atoms with Crippen molar-refractivity contribution in [1.82, 2.24) is 5.32 Å². The van der Waals surface area contributed by atoms with E-state index in [1.54, 1.807) is 0 Å². The van der Waals surface area contributed by atoms with Gasteiger partial charge < -0.3 is 15.2 Å². The van der Waals surface area contributed by atoms with Crippen molar-refractivity contribution in [2.45, 2.75) is 25.8 Å². The van der Waals surface area contributed by atoms with E-state index >= 15 is 0 Å². The molecule has 1 aliphatic rings. The topological polar surface area (TPSA) is 102 Å². The van der Waals surface area contributed by atoms with Gasteiger partial charge in [0, 0.05) is 25.3 Å². The number of rotatable bonds is 4. The monoisotopic (exact) mass is 294 g/mol. The minimum Gasteiger partial charge on any atom is -0.502 e. The Morgan fingerprint density at radius 2 is 2.14 bits per heavy atom. The number of carbonyl (C=O) groups excluding carboxylic acids is 1. The minimum atomic E-state index is -0.714. The fraction of sp³-hybridized carbons (Fsp3) is 0.500. The van der Waals surface area contributed by atoms with Gasteiger partial charge in [-0.05, 0) is 31.7 Å². The number of para-hydroxylation sites is 1. The summed E-state index contributed by atoms with van der Waals surface area (Å²) < 4.78 is 5.27. The van der Waals surface area contributed by atoms with Gasteiger partial charge in [0.2, 0.25) is 5.75 Å². The van der Waals surface area contributed by atoms with Crippen molar-refractivity contribution < 1.29 is 19.6 Å². The van der Waals surface area contributed by atoms with Crippen LogP contribution >= 0.6 is 0 Å². The number of nitro groups is 1. The summed E-state index contributed by atoms with van der Waals surface area (Å²) >= 11 is 0. The zero-order valence-electron chi connectivity index (χ0n) is 11.7. The van der Waals surface area contributed by atoms with Crippen molar-refractivity contribution in [2.24, 2.45) is 5.92 Å². The molecule has 0 unspecified atom stereocenters. The summed E-state index contributed by atoms with van der Waals surface area (Å²) in [5.41, 5.74) is -0.551. The Morgan fingerprint density at radius 3 is 2.76 bits per heavy atom. The van der Waals surface area contributed by atoms with E-state index in [9.17, 15) is 20.0 Å². The van der Waals surface area contributed by atoms with Gasteiger partial charge in [-0.25, -0.2) is 0 Å². The third-order valence-corrected chi connectivity index (χ3v) is 3.79. The molecule has 0 radical (unpaired) electrons. The highest BCUT2D eigenvalue weighted by Gasteiger charge is 2.25. The molecule has 114 valence electrons. The lowest BCUT2D eigenvalue weighted by molar-refractivity contribution is -0.385. The lowest BCUT2D eigenvalue weighted by atomic mass is 9.92. The number of phenolic OH excluding ortho intramolecular Hbond substituents is 1. The lowest BCUT2D eigenvalue weighted by Crippen LogP contribution is -2.40. The second-order valence-electron chi connectivity index (χ2n) is 5.14. The number of phenols is 1. The Morgan fingerprint density at radius 1 is 1.48 bits per heavy atom. The highest BCUT2D eigenvalue weighted by Crippen LogP contribution is 2.29. The predicted octanol–water partition coefficient (Wildman–Crippen LogP) is 1.85. The van der Waals surface area contributed by atoms with Gasteiger partial charge >= 0.3 is 5.69 Å². The second kappa shape index (κ2) is 6.53. The second-order valence-corrected chi connectivity index (χ2v) is 5.14. The largest absolute Gasteiger partial charge is 0.502 e. The molecule has 1 fully saturated rings. The molecule has 1 saturated heterocycles. The molecule has 1 amide bonds. The Labute approximate surface area is 122 Å². The molecule has 7 heteroatoms. The van der Waals surface area contributed by atoms with E-state index in [1.165, 1.54) is 12.1 Å². The molecule has 2 rings (SSSR count). The molecule has 21 heavy (non-hydrogen) atoms. The zero-order chi connectivity index (χ0) is 15.4. The van der Waals surface area contributed by atoms with Crippen molar-refractivity contribution >= 4 is 11.6 Å². The van der Waals surface area contributed by atoms with Gasteiger partial charge in [0.1, 0.15) is 0 Å². The zero-order valence-corrected chi connectivity index (χ0v) is 11.7.